The minimum Gasteiger partial charge on any atom is -0.326 e. The number of hydrogen-bond donors (Lipinski definition) is 2. The second kappa shape index (κ2) is 8.23. The van der Waals surface area contributed by atoms with Crippen LogP contribution in [0, 0.1) is 20.8 Å². The lowest BCUT2D eigenvalue weighted by Crippen LogP contribution is -2.20. The number of hydrogen-bond acceptors (Lipinski definition) is 4. The molecule has 0 radical (unpaired) electrons. The van der Waals surface area contributed by atoms with Gasteiger partial charge in [-0.15, -0.1) is 0 Å². The lowest BCUT2D eigenvalue weighted by Gasteiger charge is -2.08. The highest BCUT2D eigenvalue weighted by atomic mass is 16.2. The van der Waals surface area contributed by atoms with Gasteiger partial charge in [-0.25, -0.2) is 5.43 Å². The summed E-state index contributed by atoms with van der Waals surface area (Å²) in [6.07, 6.45) is 3.51. The second-order valence-corrected chi connectivity index (χ2v) is 6.00. The molecule has 2 aromatic rings. The third-order valence-electron chi connectivity index (χ3n) is 3.68. The van der Waals surface area contributed by atoms with Crippen LogP contribution < -0.4 is 10.7 Å². The second-order valence-electron chi connectivity index (χ2n) is 6.00. The Hall–Kier alpha value is -2.96. The van der Waals surface area contributed by atoms with Gasteiger partial charge in [-0.2, -0.15) is 10.2 Å². The molecule has 0 bridgehead atoms. The van der Waals surface area contributed by atoms with Crippen molar-refractivity contribution in [1.29, 1.82) is 0 Å². The molecule has 2 N–H and O–H groups in total. The Bertz CT molecular complexity index is 808. The van der Waals surface area contributed by atoms with Crippen molar-refractivity contribution < 1.29 is 9.59 Å². The molecule has 7 nitrogen and oxygen atoms in total. The van der Waals surface area contributed by atoms with E-state index >= 15 is 0 Å². The number of nitrogens with zero attached hydrogens (tertiary/aromatic N) is 3. The van der Waals surface area contributed by atoms with E-state index < -0.39 is 0 Å². The quantitative estimate of drug-likeness (QED) is 0.624. The first-order valence-corrected chi connectivity index (χ1v) is 8.04. The van der Waals surface area contributed by atoms with Crippen molar-refractivity contribution in [2.24, 2.45) is 12.1 Å². The summed E-state index contributed by atoms with van der Waals surface area (Å²) in [5.41, 5.74) is 6.97. The van der Waals surface area contributed by atoms with Gasteiger partial charge in [-0.3, -0.25) is 14.3 Å². The molecule has 1 aromatic carbocycles. The predicted octanol–water partition coefficient (Wildman–Crippen LogP) is 2.21. The van der Waals surface area contributed by atoms with Gasteiger partial charge in [0.2, 0.25) is 11.8 Å². The van der Waals surface area contributed by atoms with Crippen molar-refractivity contribution in [1.82, 2.24) is 15.2 Å². The van der Waals surface area contributed by atoms with Crippen LogP contribution in [0.1, 0.15) is 35.2 Å². The van der Waals surface area contributed by atoms with Gasteiger partial charge in [0.1, 0.15) is 0 Å². The largest absolute Gasteiger partial charge is 0.326 e. The lowest BCUT2D eigenvalue weighted by atomic mass is 10.1. The van der Waals surface area contributed by atoms with Crippen molar-refractivity contribution in [3.8, 4) is 0 Å². The van der Waals surface area contributed by atoms with Crippen LogP contribution in [0.3, 0.4) is 0 Å². The monoisotopic (exact) mass is 341 g/mol. The highest BCUT2D eigenvalue weighted by Gasteiger charge is 2.08. The van der Waals surface area contributed by atoms with Crippen molar-refractivity contribution >= 4 is 23.7 Å². The molecule has 0 atom stereocenters. The molecule has 1 aromatic heterocycles. The first-order valence-electron chi connectivity index (χ1n) is 8.04. The molecule has 0 aliphatic carbocycles. The van der Waals surface area contributed by atoms with Gasteiger partial charge >= 0.3 is 0 Å². The summed E-state index contributed by atoms with van der Waals surface area (Å²) in [6, 6.07) is 5.80. The fourth-order valence-electron chi connectivity index (χ4n) is 2.37. The van der Waals surface area contributed by atoms with Crippen molar-refractivity contribution in [3.05, 3.63) is 46.8 Å². The van der Waals surface area contributed by atoms with E-state index in [1.807, 2.05) is 52.2 Å². The molecule has 0 aliphatic rings. The summed E-state index contributed by atoms with van der Waals surface area (Å²) in [5.74, 6) is -0.511. The van der Waals surface area contributed by atoms with Crippen LogP contribution >= 0.6 is 0 Å². The molecule has 25 heavy (non-hydrogen) atoms. The van der Waals surface area contributed by atoms with Crippen LogP contribution in [0.5, 0.6) is 0 Å². The van der Waals surface area contributed by atoms with Gasteiger partial charge in [0.05, 0.1) is 11.9 Å². The average Bonchev–Trinajstić information content (AvgIpc) is 2.86. The zero-order valence-corrected chi connectivity index (χ0v) is 15.0. The van der Waals surface area contributed by atoms with E-state index in [2.05, 4.69) is 20.9 Å². The van der Waals surface area contributed by atoms with Gasteiger partial charge in [0.15, 0.2) is 0 Å². The molecule has 0 aliphatic heterocycles. The van der Waals surface area contributed by atoms with E-state index in [9.17, 15) is 9.59 Å². The minimum atomic E-state index is -0.312. The number of benzene rings is 1. The number of rotatable bonds is 6. The van der Waals surface area contributed by atoms with Gasteiger partial charge in [-0.05, 0) is 32.4 Å². The summed E-state index contributed by atoms with van der Waals surface area (Å²) < 4.78 is 1.68. The summed E-state index contributed by atoms with van der Waals surface area (Å²) in [4.78, 5) is 23.7. The third-order valence-corrected chi connectivity index (χ3v) is 3.68. The standard InChI is InChI=1S/C18H23N5O2/c1-12-5-6-16(13(2)9-12)20-17(24)7-8-18(25)21-19-10-15-11-23(4)22-14(15)3/h5-6,9-11H,7-8H2,1-4H3,(H,20,24)(H,21,25). The highest BCUT2D eigenvalue weighted by molar-refractivity contribution is 5.94. The molecule has 0 unspecified atom stereocenters. The van der Waals surface area contributed by atoms with Crippen LogP contribution in [0.4, 0.5) is 5.69 Å². The zero-order chi connectivity index (χ0) is 18.4. The molecule has 0 spiro atoms. The number of carbonyl (C=O) groups is 2. The van der Waals surface area contributed by atoms with E-state index in [0.29, 0.717) is 0 Å². The van der Waals surface area contributed by atoms with Crippen LogP contribution in [-0.2, 0) is 16.6 Å². The Morgan fingerprint density at radius 3 is 2.56 bits per heavy atom. The van der Waals surface area contributed by atoms with Crippen LogP contribution in [0.2, 0.25) is 0 Å². The Morgan fingerprint density at radius 2 is 1.92 bits per heavy atom. The van der Waals surface area contributed by atoms with Crippen LogP contribution in [0.25, 0.3) is 0 Å². The smallest absolute Gasteiger partial charge is 0.240 e. The Balaban J connectivity index is 1.77. The first kappa shape index (κ1) is 18.4. The zero-order valence-electron chi connectivity index (χ0n) is 15.0. The molecule has 0 saturated heterocycles. The maximum atomic E-state index is 12.0. The number of nitrogens with one attached hydrogen (secondary N) is 2. The fourth-order valence-corrected chi connectivity index (χ4v) is 2.37. The van der Waals surface area contributed by atoms with E-state index in [0.717, 1.165) is 28.1 Å². The predicted molar refractivity (Wildman–Crippen MR) is 97.5 cm³/mol. The Kier molecular flexibility index (Phi) is 6.05. The van der Waals surface area contributed by atoms with Crippen LogP contribution in [0.15, 0.2) is 29.5 Å². The highest BCUT2D eigenvalue weighted by Crippen LogP contribution is 2.16. The Labute approximate surface area is 147 Å². The van der Waals surface area contributed by atoms with Gasteiger partial charge in [0, 0.05) is 37.3 Å². The van der Waals surface area contributed by atoms with Crippen molar-refractivity contribution in [3.63, 3.8) is 0 Å². The van der Waals surface area contributed by atoms with Gasteiger partial charge in [-0.1, -0.05) is 17.7 Å². The molecule has 2 amide bonds. The van der Waals surface area contributed by atoms with E-state index in [1.165, 1.54) is 6.21 Å². The summed E-state index contributed by atoms with van der Waals surface area (Å²) in [6.45, 7) is 5.79. The normalized spacial score (nSPS) is 10.9. The fraction of sp³-hybridized carbons (Fsp3) is 0.333. The Morgan fingerprint density at radius 1 is 1.20 bits per heavy atom. The first-order chi connectivity index (χ1) is 11.8. The van der Waals surface area contributed by atoms with Gasteiger partial charge in [0.25, 0.3) is 0 Å². The summed E-state index contributed by atoms with van der Waals surface area (Å²) in [5, 5.41) is 10.9. The number of aromatic nitrogens is 2. The van der Waals surface area contributed by atoms with Crippen molar-refractivity contribution in [2.75, 3.05) is 5.32 Å². The number of amides is 2. The molecule has 0 saturated carbocycles. The summed E-state index contributed by atoms with van der Waals surface area (Å²) >= 11 is 0. The maximum Gasteiger partial charge on any atom is 0.240 e. The topological polar surface area (TPSA) is 88.4 Å². The van der Waals surface area contributed by atoms with Gasteiger partial charge < -0.3 is 5.32 Å². The molecule has 1 heterocycles. The molecule has 2 rings (SSSR count). The average molecular weight is 341 g/mol. The lowest BCUT2D eigenvalue weighted by molar-refractivity contribution is -0.124. The minimum absolute atomic E-state index is 0.0695. The van der Waals surface area contributed by atoms with E-state index in [4.69, 9.17) is 0 Å². The third kappa shape index (κ3) is 5.56. The molecule has 7 heteroatoms. The number of anilines is 1. The SMILES string of the molecule is Cc1ccc(NC(=O)CCC(=O)NN=Cc2cn(C)nc2C)c(C)c1. The van der Waals surface area contributed by atoms with Crippen molar-refractivity contribution in [2.45, 2.75) is 33.6 Å². The molecular weight excluding hydrogens is 318 g/mol. The number of hydrazone groups is 1. The van der Waals surface area contributed by atoms with E-state index in [-0.39, 0.29) is 24.7 Å². The number of carbonyl (C=O) groups excluding carboxylic acids is 2. The summed E-state index contributed by atoms with van der Waals surface area (Å²) in [7, 11) is 1.82. The molecule has 132 valence electrons. The van der Waals surface area contributed by atoms with E-state index in [1.54, 1.807) is 4.68 Å². The molecule has 0 fully saturated rings. The number of aryl methyl sites for hydroxylation is 4. The van der Waals surface area contributed by atoms with Crippen LogP contribution in [-0.4, -0.2) is 27.8 Å². The molecular formula is C18H23N5O2. The maximum absolute atomic E-state index is 12.0.